The van der Waals surface area contributed by atoms with Crippen molar-refractivity contribution >= 4 is 0 Å². The number of benzene rings is 1. The Morgan fingerprint density at radius 2 is 1.94 bits per heavy atom. The third kappa shape index (κ3) is 3.82. The van der Waals surface area contributed by atoms with Crippen molar-refractivity contribution < 1.29 is 0 Å². The molecule has 0 spiro atoms. The Morgan fingerprint density at radius 3 is 2.56 bits per heavy atom. The SMILES string of the molecule is Cc1cccc(C(CN)NC2CCCCCC2)c1. The highest BCUT2D eigenvalue weighted by atomic mass is 15.0. The van der Waals surface area contributed by atoms with Crippen LogP contribution in [0.1, 0.15) is 55.7 Å². The highest BCUT2D eigenvalue weighted by Gasteiger charge is 2.17. The Balaban J connectivity index is 1.99. The molecule has 0 amide bonds. The number of nitrogens with one attached hydrogen (secondary N) is 1. The predicted molar refractivity (Wildman–Crippen MR) is 77.6 cm³/mol. The molecule has 1 unspecified atom stereocenters. The summed E-state index contributed by atoms with van der Waals surface area (Å²) in [6.07, 6.45) is 8.14. The van der Waals surface area contributed by atoms with Gasteiger partial charge in [-0.2, -0.15) is 0 Å². The van der Waals surface area contributed by atoms with Crippen LogP contribution >= 0.6 is 0 Å². The van der Waals surface area contributed by atoms with Gasteiger partial charge in [-0.3, -0.25) is 0 Å². The minimum Gasteiger partial charge on any atom is -0.329 e. The van der Waals surface area contributed by atoms with Gasteiger partial charge in [0, 0.05) is 18.6 Å². The van der Waals surface area contributed by atoms with Gasteiger partial charge in [0.1, 0.15) is 0 Å². The number of hydrogen-bond donors (Lipinski definition) is 2. The first kappa shape index (κ1) is 13.6. The van der Waals surface area contributed by atoms with Crippen LogP contribution in [-0.4, -0.2) is 12.6 Å². The molecule has 2 nitrogen and oxygen atoms in total. The largest absolute Gasteiger partial charge is 0.329 e. The van der Waals surface area contributed by atoms with Crippen molar-refractivity contribution in [3.8, 4) is 0 Å². The summed E-state index contributed by atoms with van der Waals surface area (Å²) in [6.45, 7) is 2.82. The average molecular weight is 246 g/mol. The molecule has 3 N–H and O–H groups in total. The molecule has 2 rings (SSSR count). The second-order valence-electron chi connectivity index (χ2n) is 5.56. The van der Waals surface area contributed by atoms with E-state index in [0.29, 0.717) is 18.6 Å². The van der Waals surface area contributed by atoms with Gasteiger partial charge < -0.3 is 11.1 Å². The van der Waals surface area contributed by atoms with E-state index in [1.165, 1.54) is 49.7 Å². The standard InChI is InChI=1S/C16H26N2/c1-13-7-6-8-14(11-13)16(12-17)18-15-9-4-2-3-5-10-15/h6-8,11,15-16,18H,2-5,9-10,12,17H2,1H3. The average Bonchev–Trinajstić information content (AvgIpc) is 2.64. The van der Waals surface area contributed by atoms with Crippen molar-refractivity contribution in [2.45, 2.75) is 57.5 Å². The van der Waals surface area contributed by atoms with E-state index in [4.69, 9.17) is 5.73 Å². The summed E-state index contributed by atoms with van der Waals surface area (Å²) in [5.41, 5.74) is 8.60. The Hall–Kier alpha value is -0.860. The van der Waals surface area contributed by atoms with Gasteiger partial charge >= 0.3 is 0 Å². The van der Waals surface area contributed by atoms with E-state index in [9.17, 15) is 0 Å². The zero-order valence-corrected chi connectivity index (χ0v) is 11.5. The monoisotopic (exact) mass is 246 g/mol. The summed E-state index contributed by atoms with van der Waals surface area (Å²) < 4.78 is 0. The Morgan fingerprint density at radius 1 is 1.22 bits per heavy atom. The minimum absolute atomic E-state index is 0.313. The highest BCUT2D eigenvalue weighted by Crippen LogP contribution is 2.21. The van der Waals surface area contributed by atoms with Gasteiger partial charge in [-0.25, -0.2) is 0 Å². The molecule has 1 atom stereocenters. The van der Waals surface area contributed by atoms with Crippen molar-refractivity contribution in [2.75, 3.05) is 6.54 Å². The van der Waals surface area contributed by atoms with Gasteiger partial charge in [-0.05, 0) is 25.3 Å². The molecule has 1 fully saturated rings. The smallest absolute Gasteiger partial charge is 0.0446 e. The van der Waals surface area contributed by atoms with Crippen molar-refractivity contribution in [1.82, 2.24) is 5.32 Å². The summed E-state index contributed by atoms with van der Waals surface area (Å²) in [5, 5.41) is 3.76. The molecule has 0 radical (unpaired) electrons. The van der Waals surface area contributed by atoms with Gasteiger partial charge in [0.25, 0.3) is 0 Å². The first-order valence-corrected chi connectivity index (χ1v) is 7.32. The molecule has 2 heteroatoms. The van der Waals surface area contributed by atoms with Gasteiger partial charge in [-0.15, -0.1) is 0 Å². The van der Waals surface area contributed by atoms with Crippen molar-refractivity contribution in [1.29, 1.82) is 0 Å². The highest BCUT2D eigenvalue weighted by molar-refractivity contribution is 5.25. The van der Waals surface area contributed by atoms with Crippen LogP contribution in [0.4, 0.5) is 0 Å². The first-order chi connectivity index (χ1) is 8.79. The lowest BCUT2D eigenvalue weighted by Crippen LogP contribution is -2.36. The summed E-state index contributed by atoms with van der Waals surface area (Å²) in [7, 11) is 0. The lowest BCUT2D eigenvalue weighted by molar-refractivity contribution is 0.402. The Labute approximate surface area is 111 Å². The molecular formula is C16H26N2. The Kier molecular flexibility index (Phi) is 5.21. The molecule has 1 aliphatic rings. The van der Waals surface area contributed by atoms with E-state index in [1.807, 2.05) is 0 Å². The maximum absolute atomic E-state index is 5.95. The third-order valence-corrected chi connectivity index (χ3v) is 3.97. The van der Waals surface area contributed by atoms with Crippen molar-refractivity contribution in [2.24, 2.45) is 5.73 Å². The lowest BCUT2D eigenvalue weighted by atomic mass is 10.0. The van der Waals surface area contributed by atoms with Gasteiger partial charge in [-0.1, -0.05) is 55.5 Å². The van der Waals surface area contributed by atoms with Crippen LogP contribution in [0.2, 0.25) is 0 Å². The molecule has 1 aromatic rings. The van der Waals surface area contributed by atoms with E-state index < -0.39 is 0 Å². The zero-order valence-electron chi connectivity index (χ0n) is 11.5. The normalized spacial score (nSPS) is 19.4. The molecule has 0 saturated heterocycles. The van der Waals surface area contributed by atoms with Crippen LogP contribution in [0, 0.1) is 6.92 Å². The molecule has 100 valence electrons. The molecule has 1 aromatic carbocycles. The number of aryl methyl sites for hydroxylation is 1. The number of nitrogens with two attached hydrogens (primary N) is 1. The van der Waals surface area contributed by atoms with Gasteiger partial charge in [0.15, 0.2) is 0 Å². The van der Waals surface area contributed by atoms with Crippen LogP contribution in [0.5, 0.6) is 0 Å². The topological polar surface area (TPSA) is 38.0 Å². The fraction of sp³-hybridized carbons (Fsp3) is 0.625. The second-order valence-corrected chi connectivity index (χ2v) is 5.56. The van der Waals surface area contributed by atoms with E-state index in [2.05, 4.69) is 36.5 Å². The second kappa shape index (κ2) is 6.91. The zero-order chi connectivity index (χ0) is 12.8. The first-order valence-electron chi connectivity index (χ1n) is 7.32. The van der Waals surface area contributed by atoms with Gasteiger partial charge in [0.2, 0.25) is 0 Å². The summed E-state index contributed by atoms with van der Waals surface area (Å²) >= 11 is 0. The molecule has 18 heavy (non-hydrogen) atoms. The summed E-state index contributed by atoms with van der Waals surface area (Å²) in [4.78, 5) is 0. The summed E-state index contributed by atoms with van der Waals surface area (Å²) in [6, 6.07) is 9.68. The van der Waals surface area contributed by atoms with E-state index in [1.54, 1.807) is 0 Å². The molecule has 0 aromatic heterocycles. The molecular weight excluding hydrogens is 220 g/mol. The minimum atomic E-state index is 0.313. The fourth-order valence-electron chi connectivity index (χ4n) is 2.92. The molecule has 0 heterocycles. The maximum atomic E-state index is 5.95. The van der Waals surface area contributed by atoms with Crippen molar-refractivity contribution in [3.05, 3.63) is 35.4 Å². The van der Waals surface area contributed by atoms with Crippen LogP contribution in [0.3, 0.4) is 0 Å². The predicted octanol–water partition coefficient (Wildman–Crippen LogP) is 3.31. The van der Waals surface area contributed by atoms with Crippen LogP contribution in [0.15, 0.2) is 24.3 Å². The lowest BCUT2D eigenvalue weighted by Gasteiger charge is -2.24. The third-order valence-electron chi connectivity index (χ3n) is 3.97. The fourth-order valence-corrected chi connectivity index (χ4v) is 2.92. The number of rotatable bonds is 4. The molecule has 0 bridgehead atoms. The molecule has 1 aliphatic carbocycles. The van der Waals surface area contributed by atoms with Crippen LogP contribution in [-0.2, 0) is 0 Å². The molecule has 0 aliphatic heterocycles. The van der Waals surface area contributed by atoms with E-state index in [0.717, 1.165) is 0 Å². The van der Waals surface area contributed by atoms with E-state index >= 15 is 0 Å². The van der Waals surface area contributed by atoms with Gasteiger partial charge in [0.05, 0.1) is 0 Å². The number of hydrogen-bond acceptors (Lipinski definition) is 2. The summed E-state index contributed by atoms with van der Waals surface area (Å²) in [5.74, 6) is 0. The van der Waals surface area contributed by atoms with E-state index in [-0.39, 0.29) is 0 Å². The quantitative estimate of drug-likeness (QED) is 0.800. The van der Waals surface area contributed by atoms with Crippen LogP contribution < -0.4 is 11.1 Å². The maximum Gasteiger partial charge on any atom is 0.0446 e. The Bertz CT molecular complexity index is 354. The molecule has 1 saturated carbocycles. The van der Waals surface area contributed by atoms with Crippen LogP contribution in [0.25, 0.3) is 0 Å². The van der Waals surface area contributed by atoms with Crippen molar-refractivity contribution in [3.63, 3.8) is 0 Å².